The highest BCUT2D eigenvalue weighted by molar-refractivity contribution is 5.85. The van der Waals surface area contributed by atoms with Crippen molar-refractivity contribution < 1.29 is 0 Å². The topological polar surface area (TPSA) is 108 Å². The number of nitrogens with two attached hydrogens (primary N) is 2. The van der Waals surface area contributed by atoms with E-state index in [1.54, 1.807) is 6.33 Å². The van der Waals surface area contributed by atoms with Crippen molar-refractivity contribution in [1.29, 1.82) is 0 Å². The van der Waals surface area contributed by atoms with Gasteiger partial charge >= 0.3 is 0 Å². The second kappa shape index (κ2) is 6.72. The van der Waals surface area contributed by atoms with Crippen LogP contribution in [0.25, 0.3) is 11.2 Å². The minimum Gasteiger partial charge on any atom is -0.399 e. The van der Waals surface area contributed by atoms with Crippen LogP contribution in [0.15, 0.2) is 61.2 Å². The molecule has 4 aromatic rings. The van der Waals surface area contributed by atoms with Gasteiger partial charge in [0, 0.05) is 23.6 Å². The Hall–Kier alpha value is -3.61. The molecule has 0 spiro atoms. The lowest BCUT2D eigenvalue weighted by molar-refractivity contribution is 0.709. The van der Waals surface area contributed by atoms with E-state index in [1.165, 1.54) is 11.9 Å². The van der Waals surface area contributed by atoms with Crippen molar-refractivity contribution in [3.8, 4) is 0 Å². The lowest BCUT2D eigenvalue weighted by Gasteiger charge is -2.07. The van der Waals surface area contributed by atoms with Gasteiger partial charge in [0.05, 0.1) is 6.33 Å². The van der Waals surface area contributed by atoms with E-state index < -0.39 is 0 Å². The van der Waals surface area contributed by atoms with E-state index in [9.17, 15) is 0 Å². The maximum atomic E-state index is 5.84. The number of nitrogens with one attached hydrogen (secondary N) is 1. The fourth-order valence-electron chi connectivity index (χ4n) is 2.89. The lowest BCUT2D eigenvalue weighted by Crippen LogP contribution is -2.02. The molecule has 4 rings (SSSR count). The number of rotatable bonds is 5. The molecule has 0 amide bonds. The first-order valence-electron chi connectivity index (χ1n) is 8.32. The van der Waals surface area contributed by atoms with E-state index in [1.807, 2.05) is 47.0 Å². The number of aromatic nitrogens is 4. The molecule has 26 heavy (non-hydrogen) atoms. The van der Waals surface area contributed by atoms with E-state index in [0.717, 1.165) is 35.5 Å². The quantitative estimate of drug-likeness (QED) is 0.480. The van der Waals surface area contributed by atoms with Crippen LogP contribution in [0.5, 0.6) is 0 Å². The number of imidazole rings is 1. The van der Waals surface area contributed by atoms with Crippen LogP contribution < -0.4 is 16.8 Å². The first kappa shape index (κ1) is 15.9. The molecule has 7 heteroatoms. The third-order valence-corrected chi connectivity index (χ3v) is 4.14. The number of benzene rings is 2. The van der Waals surface area contributed by atoms with Crippen LogP contribution in [-0.2, 0) is 13.0 Å². The SMILES string of the molecule is Nc1cccc(CCn2cnc3c(Nc4cccc(N)c4)ncnc32)c1. The molecule has 2 heterocycles. The largest absolute Gasteiger partial charge is 0.399 e. The van der Waals surface area contributed by atoms with Crippen LogP contribution in [0.3, 0.4) is 0 Å². The number of nitrogens with zero attached hydrogens (tertiary/aromatic N) is 4. The summed E-state index contributed by atoms with van der Waals surface area (Å²) in [4.78, 5) is 13.2. The highest BCUT2D eigenvalue weighted by atomic mass is 15.1. The molecular weight excluding hydrogens is 326 g/mol. The zero-order valence-corrected chi connectivity index (χ0v) is 14.1. The zero-order chi connectivity index (χ0) is 17.9. The molecule has 0 saturated carbocycles. The summed E-state index contributed by atoms with van der Waals surface area (Å²) < 4.78 is 2.02. The van der Waals surface area contributed by atoms with E-state index in [4.69, 9.17) is 11.5 Å². The summed E-state index contributed by atoms with van der Waals surface area (Å²) in [5, 5.41) is 3.26. The van der Waals surface area contributed by atoms with Crippen LogP contribution in [0.1, 0.15) is 5.56 Å². The Bertz CT molecular complexity index is 1050. The van der Waals surface area contributed by atoms with Crippen LogP contribution in [-0.4, -0.2) is 19.5 Å². The molecule has 7 nitrogen and oxygen atoms in total. The van der Waals surface area contributed by atoms with Crippen LogP contribution in [0.2, 0.25) is 0 Å². The number of aryl methyl sites for hydroxylation is 2. The third-order valence-electron chi connectivity index (χ3n) is 4.14. The van der Waals surface area contributed by atoms with Crippen LogP contribution in [0, 0.1) is 0 Å². The average molecular weight is 345 g/mol. The number of anilines is 4. The summed E-state index contributed by atoms with van der Waals surface area (Å²) in [7, 11) is 0. The van der Waals surface area contributed by atoms with Gasteiger partial charge in [0.15, 0.2) is 17.0 Å². The van der Waals surface area contributed by atoms with Crippen molar-refractivity contribution in [2.24, 2.45) is 0 Å². The smallest absolute Gasteiger partial charge is 0.165 e. The number of hydrogen-bond acceptors (Lipinski definition) is 6. The van der Waals surface area contributed by atoms with Gasteiger partial charge in [-0.05, 0) is 42.3 Å². The van der Waals surface area contributed by atoms with Crippen molar-refractivity contribution in [1.82, 2.24) is 19.5 Å². The van der Waals surface area contributed by atoms with E-state index in [2.05, 4.69) is 26.3 Å². The summed E-state index contributed by atoms with van der Waals surface area (Å²) in [5.41, 5.74) is 16.7. The Morgan fingerprint density at radius 3 is 2.54 bits per heavy atom. The van der Waals surface area contributed by atoms with E-state index in [0.29, 0.717) is 11.5 Å². The van der Waals surface area contributed by atoms with E-state index in [-0.39, 0.29) is 0 Å². The zero-order valence-electron chi connectivity index (χ0n) is 14.1. The first-order valence-corrected chi connectivity index (χ1v) is 8.32. The van der Waals surface area contributed by atoms with Gasteiger partial charge in [0.25, 0.3) is 0 Å². The Morgan fingerprint density at radius 2 is 1.73 bits per heavy atom. The molecule has 0 radical (unpaired) electrons. The van der Waals surface area contributed by atoms with Gasteiger partial charge in [-0.25, -0.2) is 15.0 Å². The van der Waals surface area contributed by atoms with Gasteiger partial charge in [-0.1, -0.05) is 18.2 Å². The average Bonchev–Trinajstić information content (AvgIpc) is 3.04. The Labute approximate surface area is 150 Å². The molecule has 0 aliphatic carbocycles. The highest BCUT2D eigenvalue weighted by Crippen LogP contribution is 2.23. The molecule has 2 aromatic heterocycles. The molecule has 0 atom stereocenters. The molecule has 5 N–H and O–H groups in total. The van der Waals surface area contributed by atoms with Crippen molar-refractivity contribution >= 4 is 34.0 Å². The molecular formula is C19H19N7. The molecule has 130 valence electrons. The Morgan fingerprint density at radius 1 is 0.923 bits per heavy atom. The van der Waals surface area contributed by atoms with Crippen molar-refractivity contribution in [2.45, 2.75) is 13.0 Å². The fraction of sp³-hybridized carbons (Fsp3) is 0.105. The maximum absolute atomic E-state index is 5.84. The van der Waals surface area contributed by atoms with Gasteiger partial charge in [-0.2, -0.15) is 0 Å². The normalized spacial score (nSPS) is 10.9. The Kier molecular flexibility index (Phi) is 4.10. The van der Waals surface area contributed by atoms with E-state index >= 15 is 0 Å². The van der Waals surface area contributed by atoms with Crippen molar-refractivity contribution in [2.75, 3.05) is 16.8 Å². The van der Waals surface area contributed by atoms with Gasteiger partial charge in [-0.15, -0.1) is 0 Å². The van der Waals surface area contributed by atoms with Crippen molar-refractivity contribution in [3.05, 3.63) is 66.7 Å². The molecule has 0 fully saturated rings. The minimum absolute atomic E-state index is 0.656. The standard InChI is InChI=1S/C19H19N7/c20-14-4-1-3-13(9-14)7-8-26-12-24-17-18(22-11-23-19(17)26)25-16-6-2-5-15(21)10-16/h1-6,9-12H,7-8,20-21H2,(H,22,23,25). The summed E-state index contributed by atoms with van der Waals surface area (Å²) in [6.07, 6.45) is 4.17. The minimum atomic E-state index is 0.656. The molecule has 0 aliphatic rings. The number of fused-ring (bicyclic) bond motifs is 1. The number of nitrogen functional groups attached to an aromatic ring is 2. The third kappa shape index (κ3) is 3.27. The fourth-order valence-corrected chi connectivity index (χ4v) is 2.89. The van der Waals surface area contributed by atoms with Gasteiger partial charge in [-0.3, -0.25) is 0 Å². The van der Waals surface area contributed by atoms with Crippen LogP contribution in [0.4, 0.5) is 22.9 Å². The number of hydrogen-bond donors (Lipinski definition) is 3. The van der Waals surface area contributed by atoms with Crippen LogP contribution >= 0.6 is 0 Å². The van der Waals surface area contributed by atoms with Gasteiger partial charge < -0.3 is 21.4 Å². The molecule has 0 unspecified atom stereocenters. The highest BCUT2D eigenvalue weighted by Gasteiger charge is 2.10. The molecule has 0 aliphatic heterocycles. The predicted molar refractivity (Wildman–Crippen MR) is 104 cm³/mol. The summed E-state index contributed by atoms with van der Waals surface area (Å²) in [6.45, 7) is 0.759. The molecule has 0 saturated heterocycles. The van der Waals surface area contributed by atoms with Crippen molar-refractivity contribution in [3.63, 3.8) is 0 Å². The predicted octanol–water partition coefficient (Wildman–Crippen LogP) is 2.98. The summed E-state index contributed by atoms with van der Waals surface area (Å²) >= 11 is 0. The summed E-state index contributed by atoms with van der Waals surface area (Å²) in [5.74, 6) is 0.656. The lowest BCUT2D eigenvalue weighted by atomic mass is 10.1. The maximum Gasteiger partial charge on any atom is 0.165 e. The second-order valence-corrected chi connectivity index (χ2v) is 6.08. The Balaban J connectivity index is 1.58. The van der Waals surface area contributed by atoms with Gasteiger partial charge in [0.2, 0.25) is 0 Å². The summed E-state index contributed by atoms with van der Waals surface area (Å²) in [6, 6.07) is 15.4. The molecule has 0 bridgehead atoms. The second-order valence-electron chi connectivity index (χ2n) is 6.08. The first-order chi connectivity index (χ1) is 12.7. The molecule has 2 aromatic carbocycles. The van der Waals surface area contributed by atoms with Gasteiger partial charge in [0.1, 0.15) is 6.33 Å². The monoisotopic (exact) mass is 345 g/mol.